The summed E-state index contributed by atoms with van der Waals surface area (Å²) in [7, 11) is 0. The first-order chi connectivity index (χ1) is 16.0. The second kappa shape index (κ2) is 15.0. The molecule has 2 aromatic carbocycles. The largest absolute Gasteiger partial charge is 0.385 e. The smallest absolute Gasteiger partial charge is 0.0621 e. The molecule has 0 heterocycles. The summed E-state index contributed by atoms with van der Waals surface area (Å²) in [6.45, 7) is 15.6. The number of hydrogen-bond donors (Lipinski definition) is 2. The standard InChI is InChI=1S/C30H48N2O/c1-7-23(5)29(19-21-31-27-17-13-11-15-25(27)9-3)33-30(24(6)8-2)20-22-32-28-18-14-12-16-26(28)10-4/h11-18,23-24,29-32H,7-10,19-22H2,1-6H3. The van der Waals surface area contributed by atoms with E-state index in [1.54, 1.807) is 0 Å². The molecule has 3 nitrogen and oxygen atoms in total. The van der Waals surface area contributed by atoms with Gasteiger partial charge in [-0.1, -0.05) is 90.8 Å². The maximum atomic E-state index is 6.86. The van der Waals surface area contributed by atoms with Gasteiger partial charge in [0.15, 0.2) is 0 Å². The quantitative estimate of drug-likeness (QED) is 0.271. The van der Waals surface area contributed by atoms with E-state index in [0.717, 1.165) is 51.6 Å². The summed E-state index contributed by atoms with van der Waals surface area (Å²) in [6.07, 6.45) is 7.02. The van der Waals surface area contributed by atoms with Crippen molar-refractivity contribution in [3.63, 3.8) is 0 Å². The van der Waals surface area contributed by atoms with Crippen molar-refractivity contribution in [1.29, 1.82) is 0 Å². The van der Waals surface area contributed by atoms with Crippen molar-refractivity contribution in [3.05, 3.63) is 59.7 Å². The van der Waals surface area contributed by atoms with Gasteiger partial charge in [-0.3, -0.25) is 0 Å². The van der Waals surface area contributed by atoms with Gasteiger partial charge in [0.25, 0.3) is 0 Å². The highest BCUT2D eigenvalue weighted by Crippen LogP contribution is 2.25. The molecular formula is C30H48N2O. The van der Waals surface area contributed by atoms with Gasteiger partial charge in [-0.05, 0) is 60.8 Å². The van der Waals surface area contributed by atoms with Crippen LogP contribution < -0.4 is 10.6 Å². The third-order valence-electron chi connectivity index (χ3n) is 7.19. The van der Waals surface area contributed by atoms with E-state index in [1.165, 1.54) is 22.5 Å². The fraction of sp³-hybridized carbons (Fsp3) is 0.600. The van der Waals surface area contributed by atoms with Crippen LogP contribution in [0.15, 0.2) is 48.5 Å². The molecule has 0 amide bonds. The third kappa shape index (κ3) is 8.70. The first-order valence-electron chi connectivity index (χ1n) is 13.3. The van der Waals surface area contributed by atoms with Crippen LogP contribution in [-0.2, 0) is 17.6 Å². The van der Waals surface area contributed by atoms with Gasteiger partial charge in [0.05, 0.1) is 12.2 Å². The predicted molar refractivity (Wildman–Crippen MR) is 145 cm³/mol. The molecule has 0 saturated heterocycles. The maximum absolute atomic E-state index is 6.86. The molecule has 4 atom stereocenters. The molecule has 2 rings (SSSR count). The topological polar surface area (TPSA) is 33.3 Å². The number of para-hydroxylation sites is 2. The van der Waals surface area contributed by atoms with E-state index in [0.29, 0.717) is 11.8 Å². The zero-order valence-corrected chi connectivity index (χ0v) is 22.0. The summed E-state index contributed by atoms with van der Waals surface area (Å²) in [5.41, 5.74) is 5.30. The molecule has 0 aliphatic rings. The second-order valence-corrected chi connectivity index (χ2v) is 9.44. The minimum absolute atomic E-state index is 0.276. The Kier molecular flexibility index (Phi) is 12.4. The van der Waals surface area contributed by atoms with Crippen LogP contribution in [0.25, 0.3) is 0 Å². The van der Waals surface area contributed by atoms with Gasteiger partial charge in [0.2, 0.25) is 0 Å². The van der Waals surface area contributed by atoms with Crippen molar-refractivity contribution >= 4 is 11.4 Å². The van der Waals surface area contributed by atoms with E-state index >= 15 is 0 Å². The molecule has 2 N–H and O–H groups in total. The number of nitrogens with one attached hydrogen (secondary N) is 2. The van der Waals surface area contributed by atoms with E-state index in [4.69, 9.17) is 4.74 Å². The molecular weight excluding hydrogens is 404 g/mol. The lowest BCUT2D eigenvalue weighted by molar-refractivity contribution is -0.0676. The molecule has 0 aromatic heterocycles. The third-order valence-corrected chi connectivity index (χ3v) is 7.19. The summed E-state index contributed by atoms with van der Waals surface area (Å²) in [5.74, 6) is 1.10. The lowest BCUT2D eigenvalue weighted by Gasteiger charge is -2.32. The van der Waals surface area contributed by atoms with Crippen molar-refractivity contribution < 1.29 is 4.74 Å². The van der Waals surface area contributed by atoms with E-state index in [9.17, 15) is 0 Å². The van der Waals surface area contributed by atoms with Crippen LogP contribution in [-0.4, -0.2) is 25.3 Å². The van der Waals surface area contributed by atoms with E-state index in [-0.39, 0.29) is 12.2 Å². The molecule has 0 radical (unpaired) electrons. The number of benzene rings is 2. The molecule has 2 aromatic rings. The first-order valence-corrected chi connectivity index (χ1v) is 13.3. The Morgan fingerprint density at radius 2 is 1.03 bits per heavy atom. The van der Waals surface area contributed by atoms with Crippen LogP contribution in [0.4, 0.5) is 11.4 Å². The van der Waals surface area contributed by atoms with Crippen LogP contribution in [0, 0.1) is 11.8 Å². The lowest BCUT2D eigenvalue weighted by Crippen LogP contribution is -2.34. The van der Waals surface area contributed by atoms with Gasteiger partial charge in [-0.15, -0.1) is 0 Å². The minimum atomic E-state index is 0.276. The van der Waals surface area contributed by atoms with Crippen molar-refractivity contribution in [1.82, 2.24) is 0 Å². The number of hydrogen-bond acceptors (Lipinski definition) is 3. The molecule has 0 aliphatic heterocycles. The highest BCUT2D eigenvalue weighted by molar-refractivity contribution is 5.51. The van der Waals surface area contributed by atoms with E-state index in [1.807, 2.05) is 0 Å². The summed E-state index contributed by atoms with van der Waals surface area (Å²) in [4.78, 5) is 0. The summed E-state index contributed by atoms with van der Waals surface area (Å²) < 4.78 is 6.86. The molecule has 184 valence electrons. The van der Waals surface area contributed by atoms with Crippen molar-refractivity contribution in [3.8, 4) is 0 Å². The Morgan fingerprint density at radius 3 is 1.39 bits per heavy atom. The first kappa shape index (κ1) is 27.2. The molecule has 0 bridgehead atoms. The predicted octanol–water partition coefficient (Wildman–Crippen LogP) is 7.96. The number of ether oxygens (including phenoxy) is 1. The fourth-order valence-corrected chi connectivity index (χ4v) is 4.42. The average Bonchev–Trinajstić information content (AvgIpc) is 2.86. The van der Waals surface area contributed by atoms with Crippen molar-refractivity contribution in [2.24, 2.45) is 11.8 Å². The van der Waals surface area contributed by atoms with Crippen LogP contribution in [0.1, 0.15) is 78.4 Å². The van der Waals surface area contributed by atoms with Crippen LogP contribution in [0.2, 0.25) is 0 Å². The SMILES string of the molecule is CCc1ccccc1NCCC(OC(CCNc1ccccc1CC)C(C)CC)C(C)CC. The summed E-state index contributed by atoms with van der Waals surface area (Å²) in [5, 5.41) is 7.35. The molecule has 3 heteroatoms. The highest BCUT2D eigenvalue weighted by Gasteiger charge is 2.24. The molecule has 4 unspecified atom stereocenters. The number of anilines is 2. The lowest BCUT2D eigenvalue weighted by atomic mass is 9.95. The Hall–Kier alpha value is -2.00. The molecule has 33 heavy (non-hydrogen) atoms. The van der Waals surface area contributed by atoms with E-state index < -0.39 is 0 Å². The van der Waals surface area contributed by atoms with Gasteiger partial charge in [0, 0.05) is 24.5 Å². The van der Waals surface area contributed by atoms with Crippen LogP contribution in [0.5, 0.6) is 0 Å². The van der Waals surface area contributed by atoms with Gasteiger partial charge >= 0.3 is 0 Å². The molecule has 0 fully saturated rings. The molecule has 0 saturated carbocycles. The van der Waals surface area contributed by atoms with Crippen LogP contribution >= 0.6 is 0 Å². The zero-order valence-electron chi connectivity index (χ0n) is 22.0. The Morgan fingerprint density at radius 1 is 0.636 bits per heavy atom. The van der Waals surface area contributed by atoms with Crippen molar-refractivity contribution in [2.45, 2.75) is 92.3 Å². The van der Waals surface area contributed by atoms with Gasteiger partial charge in [0.1, 0.15) is 0 Å². The zero-order chi connectivity index (χ0) is 24.1. The van der Waals surface area contributed by atoms with E-state index in [2.05, 4.69) is 101 Å². The second-order valence-electron chi connectivity index (χ2n) is 9.44. The summed E-state index contributed by atoms with van der Waals surface area (Å²) >= 11 is 0. The van der Waals surface area contributed by atoms with Gasteiger partial charge < -0.3 is 15.4 Å². The van der Waals surface area contributed by atoms with Crippen LogP contribution in [0.3, 0.4) is 0 Å². The molecule has 0 spiro atoms. The number of rotatable bonds is 16. The highest BCUT2D eigenvalue weighted by atomic mass is 16.5. The number of aryl methyl sites for hydroxylation is 2. The van der Waals surface area contributed by atoms with Gasteiger partial charge in [-0.2, -0.15) is 0 Å². The van der Waals surface area contributed by atoms with Crippen molar-refractivity contribution in [2.75, 3.05) is 23.7 Å². The minimum Gasteiger partial charge on any atom is -0.385 e. The Balaban J connectivity index is 1.97. The normalized spacial score (nSPS) is 15.0. The molecule has 0 aliphatic carbocycles. The average molecular weight is 453 g/mol. The Labute approximate surface area is 203 Å². The Bertz CT molecular complexity index is 725. The monoisotopic (exact) mass is 452 g/mol. The maximum Gasteiger partial charge on any atom is 0.0621 e. The fourth-order valence-electron chi connectivity index (χ4n) is 4.42. The van der Waals surface area contributed by atoms with Gasteiger partial charge in [-0.25, -0.2) is 0 Å². The summed E-state index contributed by atoms with van der Waals surface area (Å²) in [6, 6.07) is 17.3.